The molecule has 0 amide bonds. The molecular weight excluding hydrogens is 204 g/mol. The van der Waals surface area contributed by atoms with Gasteiger partial charge in [0.1, 0.15) is 5.56 Å². The van der Waals surface area contributed by atoms with E-state index in [4.69, 9.17) is 5.11 Å². The zero-order chi connectivity index (χ0) is 11.5. The molecule has 1 aromatic carbocycles. The van der Waals surface area contributed by atoms with Gasteiger partial charge in [0.05, 0.1) is 5.69 Å². The maximum Gasteiger partial charge on any atom is 0.339 e. The van der Waals surface area contributed by atoms with Gasteiger partial charge < -0.3 is 5.11 Å². The Balaban J connectivity index is 2.31. The fourth-order valence-corrected chi connectivity index (χ4v) is 1.63. The first-order chi connectivity index (χ1) is 7.66. The van der Waals surface area contributed by atoms with Crippen LogP contribution in [0.3, 0.4) is 0 Å². The monoisotopic (exact) mass is 216 g/mol. The molecule has 2 aromatic rings. The first-order valence-corrected chi connectivity index (χ1v) is 4.96. The molecule has 0 saturated heterocycles. The SMILES string of the molecule is Cn1cc(C(=O)O)c(Cc2ccccc2)n1. The number of aromatic nitrogens is 2. The van der Waals surface area contributed by atoms with Crippen LogP contribution in [0.25, 0.3) is 0 Å². The molecule has 0 spiro atoms. The molecule has 4 nitrogen and oxygen atoms in total. The lowest BCUT2D eigenvalue weighted by Crippen LogP contribution is -2.00. The van der Waals surface area contributed by atoms with Crippen LogP contribution in [-0.2, 0) is 13.5 Å². The molecule has 0 aliphatic rings. The molecule has 0 unspecified atom stereocenters. The Bertz CT molecular complexity index is 503. The van der Waals surface area contributed by atoms with Gasteiger partial charge in [0.2, 0.25) is 0 Å². The first-order valence-electron chi connectivity index (χ1n) is 4.96. The molecule has 1 heterocycles. The maximum atomic E-state index is 11.0. The van der Waals surface area contributed by atoms with E-state index >= 15 is 0 Å². The van der Waals surface area contributed by atoms with Gasteiger partial charge in [-0.15, -0.1) is 0 Å². The average molecular weight is 216 g/mol. The van der Waals surface area contributed by atoms with Crippen molar-refractivity contribution < 1.29 is 9.90 Å². The van der Waals surface area contributed by atoms with E-state index < -0.39 is 5.97 Å². The number of hydrogen-bond acceptors (Lipinski definition) is 2. The average Bonchev–Trinajstić information content (AvgIpc) is 2.61. The summed E-state index contributed by atoms with van der Waals surface area (Å²) in [7, 11) is 1.72. The molecule has 0 aliphatic carbocycles. The van der Waals surface area contributed by atoms with Crippen molar-refractivity contribution in [2.45, 2.75) is 6.42 Å². The number of carboxylic acids is 1. The van der Waals surface area contributed by atoms with Gasteiger partial charge in [0.15, 0.2) is 0 Å². The molecular formula is C12H12N2O2. The highest BCUT2D eigenvalue weighted by molar-refractivity contribution is 5.88. The van der Waals surface area contributed by atoms with E-state index in [1.54, 1.807) is 7.05 Å². The fraction of sp³-hybridized carbons (Fsp3) is 0.167. The van der Waals surface area contributed by atoms with E-state index in [2.05, 4.69) is 5.10 Å². The highest BCUT2D eigenvalue weighted by atomic mass is 16.4. The minimum atomic E-state index is -0.931. The number of hydrogen-bond donors (Lipinski definition) is 1. The van der Waals surface area contributed by atoms with Crippen LogP contribution in [0, 0.1) is 0 Å². The second-order valence-corrected chi connectivity index (χ2v) is 3.63. The van der Waals surface area contributed by atoms with E-state index in [1.807, 2.05) is 30.3 Å². The third kappa shape index (κ3) is 2.11. The van der Waals surface area contributed by atoms with E-state index in [0.29, 0.717) is 12.1 Å². The van der Waals surface area contributed by atoms with Gasteiger partial charge in [0, 0.05) is 19.7 Å². The highest BCUT2D eigenvalue weighted by Gasteiger charge is 2.14. The van der Waals surface area contributed by atoms with Crippen molar-refractivity contribution in [1.29, 1.82) is 0 Å². The van der Waals surface area contributed by atoms with Crippen LogP contribution in [-0.4, -0.2) is 20.9 Å². The summed E-state index contributed by atoms with van der Waals surface area (Å²) in [5, 5.41) is 13.2. The Kier molecular flexibility index (Phi) is 2.72. The van der Waals surface area contributed by atoms with Crippen molar-refractivity contribution in [3.63, 3.8) is 0 Å². The number of aromatic carboxylic acids is 1. The van der Waals surface area contributed by atoms with Crippen LogP contribution in [0.2, 0.25) is 0 Å². The molecule has 1 aromatic heterocycles. The second-order valence-electron chi connectivity index (χ2n) is 3.63. The number of nitrogens with zero attached hydrogens (tertiary/aromatic N) is 2. The van der Waals surface area contributed by atoms with Crippen molar-refractivity contribution in [2.24, 2.45) is 7.05 Å². The standard InChI is InChI=1S/C12H12N2O2/c1-14-8-10(12(15)16)11(13-14)7-9-5-3-2-4-6-9/h2-6,8H,7H2,1H3,(H,15,16). The van der Waals surface area contributed by atoms with Crippen LogP contribution < -0.4 is 0 Å². The summed E-state index contributed by atoms with van der Waals surface area (Å²) in [5.41, 5.74) is 1.93. The van der Waals surface area contributed by atoms with E-state index in [0.717, 1.165) is 5.56 Å². The Morgan fingerprint density at radius 3 is 2.69 bits per heavy atom. The van der Waals surface area contributed by atoms with Crippen molar-refractivity contribution >= 4 is 5.97 Å². The van der Waals surface area contributed by atoms with Crippen molar-refractivity contribution in [3.05, 3.63) is 53.3 Å². The van der Waals surface area contributed by atoms with Crippen LogP contribution in [0.1, 0.15) is 21.6 Å². The number of carboxylic acid groups (broad SMARTS) is 1. The second kappa shape index (κ2) is 4.18. The molecule has 0 radical (unpaired) electrons. The third-order valence-corrected chi connectivity index (χ3v) is 2.35. The van der Waals surface area contributed by atoms with E-state index in [-0.39, 0.29) is 5.56 Å². The van der Waals surface area contributed by atoms with Crippen molar-refractivity contribution in [2.75, 3.05) is 0 Å². The van der Waals surface area contributed by atoms with Gasteiger partial charge in [-0.2, -0.15) is 5.10 Å². The lowest BCUT2D eigenvalue weighted by Gasteiger charge is -1.98. The molecule has 0 saturated carbocycles. The third-order valence-electron chi connectivity index (χ3n) is 2.35. The number of carbonyl (C=O) groups is 1. The quantitative estimate of drug-likeness (QED) is 0.849. The van der Waals surface area contributed by atoms with Crippen LogP contribution in [0.15, 0.2) is 36.5 Å². The number of aryl methyl sites for hydroxylation is 1. The Morgan fingerprint density at radius 1 is 1.38 bits per heavy atom. The predicted molar refractivity (Wildman–Crippen MR) is 59.4 cm³/mol. The molecule has 16 heavy (non-hydrogen) atoms. The topological polar surface area (TPSA) is 55.1 Å². The van der Waals surface area contributed by atoms with Crippen LogP contribution in [0.4, 0.5) is 0 Å². The van der Waals surface area contributed by atoms with Crippen LogP contribution >= 0.6 is 0 Å². The maximum absolute atomic E-state index is 11.0. The normalized spacial score (nSPS) is 10.3. The summed E-state index contributed by atoms with van der Waals surface area (Å²) in [5.74, 6) is -0.931. The number of rotatable bonds is 3. The van der Waals surface area contributed by atoms with E-state index in [1.165, 1.54) is 10.9 Å². The predicted octanol–water partition coefficient (Wildman–Crippen LogP) is 1.71. The Labute approximate surface area is 93.1 Å². The summed E-state index contributed by atoms with van der Waals surface area (Å²) in [6, 6.07) is 9.71. The molecule has 1 N–H and O–H groups in total. The largest absolute Gasteiger partial charge is 0.478 e. The van der Waals surface area contributed by atoms with Crippen molar-refractivity contribution in [1.82, 2.24) is 9.78 Å². The summed E-state index contributed by atoms with van der Waals surface area (Å²) >= 11 is 0. The van der Waals surface area contributed by atoms with Gasteiger partial charge in [0.25, 0.3) is 0 Å². The fourth-order valence-electron chi connectivity index (χ4n) is 1.63. The first kappa shape index (κ1) is 10.4. The van der Waals surface area contributed by atoms with Gasteiger partial charge in [-0.1, -0.05) is 30.3 Å². The lowest BCUT2D eigenvalue weighted by atomic mass is 10.1. The molecule has 82 valence electrons. The highest BCUT2D eigenvalue weighted by Crippen LogP contribution is 2.12. The summed E-state index contributed by atoms with van der Waals surface area (Å²) < 4.78 is 1.53. The molecule has 0 aliphatic heterocycles. The smallest absolute Gasteiger partial charge is 0.339 e. The van der Waals surface area contributed by atoms with Gasteiger partial charge in [-0.25, -0.2) is 4.79 Å². The summed E-state index contributed by atoms with van der Waals surface area (Å²) in [6.45, 7) is 0. The Morgan fingerprint density at radius 2 is 2.06 bits per heavy atom. The zero-order valence-corrected chi connectivity index (χ0v) is 8.92. The summed E-state index contributed by atoms with van der Waals surface area (Å²) in [6.07, 6.45) is 2.07. The van der Waals surface area contributed by atoms with Crippen molar-refractivity contribution in [3.8, 4) is 0 Å². The Hall–Kier alpha value is -2.10. The molecule has 0 bridgehead atoms. The molecule has 4 heteroatoms. The van der Waals surface area contributed by atoms with Gasteiger partial charge in [-0.3, -0.25) is 4.68 Å². The van der Waals surface area contributed by atoms with E-state index in [9.17, 15) is 4.79 Å². The minimum Gasteiger partial charge on any atom is -0.478 e. The zero-order valence-electron chi connectivity index (χ0n) is 8.92. The lowest BCUT2D eigenvalue weighted by molar-refractivity contribution is 0.0696. The minimum absolute atomic E-state index is 0.270. The molecule has 0 fully saturated rings. The van der Waals surface area contributed by atoms with Gasteiger partial charge >= 0.3 is 5.97 Å². The number of benzene rings is 1. The summed E-state index contributed by atoms with van der Waals surface area (Å²) in [4.78, 5) is 11.0. The molecule has 2 rings (SSSR count). The van der Waals surface area contributed by atoms with Gasteiger partial charge in [-0.05, 0) is 5.56 Å². The van der Waals surface area contributed by atoms with Crippen LogP contribution in [0.5, 0.6) is 0 Å². The molecule has 0 atom stereocenters.